The Bertz CT molecular complexity index is 245. The quantitative estimate of drug-likeness (QED) is 0.742. The Morgan fingerprint density at radius 1 is 1.35 bits per heavy atom. The zero-order valence-electron chi connectivity index (χ0n) is 11.6. The molecule has 0 aromatic carbocycles. The van der Waals surface area contributed by atoms with E-state index in [0.29, 0.717) is 0 Å². The van der Waals surface area contributed by atoms with E-state index in [9.17, 15) is 9.59 Å². The van der Waals surface area contributed by atoms with Crippen molar-refractivity contribution in [2.75, 3.05) is 0 Å². The second kappa shape index (κ2) is 8.06. The highest BCUT2D eigenvalue weighted by Crippen LogP contribution is 2.05. The largest absolute Gasteiger partial charge is 0.480 e. The number of hydrogen-bond acceptors (Lipinski definition) is 4. The minimum atomic E-state index is -0.913. The van der Waals surface area contributed by atoms with Gasteiger partial charge in [-0.3, -0.25) is 9.59 Å². The molecule has 0 fully saturated rings. The summed E-state index contributed by atoms with van der Waals surface area (Å²) in [6.45, 7) is 10.7. The fourth-order valence-electron chi connectivity index (χ4n) is 0.929. The summed E-state index contributed by atoms with van der Waals surface area (Å²) in [5.74, 6) is -1.07. The van der Waals surface area contributed by atoms with Crippen molar-refractivity contribution >= 4 is 11.9 Å². The molecule has 0 aromatic heterocycles. The van der Waals surface area contributed by atoms with Crippen LogP contribution in [-0.2, 0) is 14.3 Å². The maximum atomic E-state index is 10.2. The van der Waals surface area contributed by atoms with Crippen LogP contribution in [0, 0.1) is 5.92 Å². The fraction of sp³-hybridized carbons (Fsp3) is 0.833. The van der Waals surface area contributed by atoms with E-state index in [-0.39, 0.29) is 17.5 Å². The van der Waals surface area contributed by atoms with E-state index in [1.165, 1.54) is 6.92 Å². The zero-order chi connectivity index (χ0) is 14.2. The molecule has 0 saturated heterocycles. The Hall–Kier alpha value is -1.10. The first-order chi connectivity index (χ1) is 7.51. The smallest absolute Gasteiger partial charge is 0.320 e. The first kappa shape index (κ1) is 18.3. The number of carboxylic acids is 1. The highest BCUT2D eigenvalue weighted by Gasteiger charge is 2.17. The van der Waals surface area contributed by atoms with Crippen LogP contribution >= 0.6 is 0 Å². The first-order valence-electron chi connectivity index (χ1n) is 5.69. The van der Waals surface area contributed by atoms with Gasteiger partial charge in [-0.05, 0) is 26.7 Å². The number of nitrogens with two attached hydrogens (primary N) is 1. The summed E-state index contributed by atoms with van der Waals surface area (Å²) in [6.07, 6.45) is 0.813. The number of aliphatic carboxylic acids is 1. The number of rotatable bonds is 3. The lowest BCUT2D eigenvalue weighted by Crippen LogP contribution is -2.36. The molecule has 2 atom stereocenters. The van der Waals surface area contributed by atoms with E-state index < -0.39 is 12.0 Å². The molecule has 0 unspecified atom stereocenters. The van der Waals surface area contributed by atoms with E-state index in [2.05, 4.69) is 0 Å². The number of esters is 1. The Morgan fingerprint density at radius 2 is 1.76 bits per heavy atom. The Morgan fingerprint density at radius 3 is 1.82 bits per heavy atom. The van der Waals surface area contributed by atoms with E-state index >= 15 is 0 Å². The molecule has 0 aromatic rings. The molecule has 3 N–H and O–H groups in total. The van der Waals surface area contributed by atoms with Gasteiger partial charge in [0.15, 0.2) is 0 Å². The van der Waals surface area contributed by atoms with Crippen molar-refractivity contribution in [3.8, 4) is 0 Å². The normalized spacial score (nSPS) is 14.1. The Balaban J connectivity index is 0. The van der Waals surface area contributed by atoms with Gasteiger partial charge >= 0.3 is 11.9 Å². The van der Waals surface area contributed by atoms with Gasteiger partial charge in [-0.25, -0.2) is 0 Å². The van der Waals surface area contributed by atoms with Crippen LogP contribution in [0.1, 0.15) is 48.0 Å². The molecule has 0 rings (SSSR count). The third-order valence-electron chi connectivity index (χ3n) is 1.99. The number of hydrogen-bond donors (Lipinski definition) is 2. The van der Waals surface area contributed by atoms with Gasteiger partial charge in [0.25, 0.3) is 0 Å². The van der Waals surface area contributed by atoms with E-state index in [0.717, 1.165) is 6.42 Å². The molecular formula is C12H25NO4. The first-order valence-corrected chi connectivity index (χ1v) is 5.69. The number of ether oxygens (including phenoxy) is 1. The predicted octanol–water partition coefficient (Wildman–Crippen LogP) is 1.79. The maximum absolute atomic E-state index is 10.2. The van der Waals surface area contributed by atoms with E-state index in [1.807, 2.05) is 34.6 Å². The minimum Gasteiger partial charge on any atom is -0.480 e. The standard InChI is InChI=1S/C6H13NO2.C6H12O2/c1-3-4(2)5(7)6(8)9;1-5(7)8-6(2,3)4/h4-5H,3,7H2,1-2H3,(H,8,9);1-4H3/t4-,5-;/m0./s1. The lowest BCUT2D eigenvalue weighted by Gasteiger charge is -2.17. The van der Waals surface area contributed by atoms with Crippen LogP contribution in [0.15, 0.2) is 0 Å². The lowest BCUT2D eigenvalue weighted by molar-refractivity contribution is -0.152. The summed E-state index contributed by atoms with van der Waals surface area (Å²) in [4.78, 5) is 20.4. The van der Waals surface area contributed by atoms with Crippen molar-refractivity contribution < 1.29 is 19.4 Å². The highest BCUT2D eigenvalue weighted by atomic mass is 16.6. The molecule has 0 aliphatic rings. The van der Waals surface area contributed by atoms with Crippen LogP contribution in [-0.4, -0.2) is 28.7 Å². The monoisotopic (exact) mass is 247 g/mol. The molecule has 0 bridgehead atoms. The fourth-order valence-corrected chi connectivity index (χ4v) is 0.929. The molecule has 5 nitrogen and oxygen atoms in total. The molecule has 102 valence electrons. The third-order valence-corrected chi connectivity index (χ3v) is 1.99. The van der Waals surface area contributed by atoms with E-state index in [4.69, 9.17) is 15.6 Å². The van der Waals surface area contributed by atoms with Crippen molar-refractivity contribution in [1.29, 1.82) is 0 Å². The summed E-state index contributed by atoms with van der Waals surface area (Å²) in [5.41, 5.74) is 4.94. The van der Waals surface area contributed by atoms with Crippen LogP contribution in [0.25, 0.3) is 0 Å². The summed E-state index contributed by atoms with van der Waals surface area (Å²) in [7, 11) is 0. The van der Waals surface area contributed by atoms with Gasteiger partial charge in [0.2, 0.25) is 0 Å². The molecule has 0 aliphatic heterocycles. The van der Waals surface area contributed by atoms with Gasteiger partial charge in [0.1, 0.15) is 11.6 Å². The summed E-state index contributed by atoms with van der Waals surface area (Å²) in [6, 6.07) is -0.699. The van der Waals surface area contributed by atoms with Gasteiger partial charge in [-0.1, -0.05) is 20.3 Å². The van der Waals surface area contributed by atoms with Crippen molar-refractivity contribution in [3.05, 3.63) is 0 Å². The van der Waals surface area contributed by atoms with Crippen molar-refractivity contribution in [2.45, 2.75) is 59.6 Å². The average molecular weight is 247 g/mol. The van der Waals surface area contributed by atoms with Crippen LogP contribution in [0.5, 0.6) is 0 Å². The molecule has 0 heterocycles. The molecule has 0 aliphatic carbocycles. The number of carbonyl (C=O) groups excluding carboxylic acids is 1. The maximum Gasteiger partial charge on any atom is 0.320 e. The molecule has 0 spiro atoms. The van der Waals surface area contributed by atoms with Gasteiger partial charge in [0, 0.05) is 6.92 Å². The van der Waals surface area contributed by atoms with E-state index in [1.54, 1.807) is 0 Å². The summed E-state index contributed by atoms with van der Waals surface area (Å²) < 4.78 is 4.80. The highest BCUT2D eigenvalue weighted by molar-refractivity contribution is 5.73. The lowest BCUT2D eigenvalue weighted by atomic mass is 10.0. The zero-order valence-corrected chi connectivity index (χ0v) is 11.6. The second-order valence-electron chi connectivity index (χ2n) is 4.96. The van der Waals surface area contributed by atoms with Gasteiger partial charge in [-0.15, -0.1) is 0 Å². The molecule has 0 radical (unpaired) electrons. The van der Waals surface area contributed by atoms with Crippen molar-refractivity contribution in [1.82, 2.24) is 0 Å². The molecule has 0 saturated carbocycles. The second-order valence-corrected chi connectivity index (χ2v) is 4.96. The average Bonchev–Trinajstić information content (AvgIpc) is 2.12. The Kier molecular flexibility index (Phi) is 8.66. The molecule has 0 amide bonds. The van der Waals surface area contributed by atoms with Crippen molar-refractivity contribution in [3.63, 3.8) is 0 Å². The predicted molar refractivity (Wildman–Crippen MR) is 66.6 cm³/mol. The van der Waals surface area contributed by atoms with Gasteiger partial charge < -0.3 is 15.6 Å². The SMILES string of the molecule is CC(=O)OC(C)(C)C.CC[C@H](C)[C@H](N)C(=O)O. The topological polar surface area (TPSA) is 89.6 Å². The minimum absolute atomic E-state index is 0.0718. The third kappa shape index (κ3) is 12.8. The number of carboxylic acid groups (broad SMARTS) is 1. The molecule has 5 heteroatoms. The summed E-state index contributed by atoms with van der Waals surface area (Å²) in [5, 5.41) is 8.36. The van der Waals surface area contributed by atoms with Crippen LogP contribution in [0.3, 0.4) is 0 Å². The van der Waals surface area contributed by atoms with Gasteiger partial charge in [0.05, 0.1) is 0 Å². The molecular weight excluding hydrogens is 222 g/mol. The Labute approximate surface area is 103 Å². The van der Waals surface area contributed by atoms with Gasteiger partial charge in [-0.2, -0.15) is 0 Å². The summed E-state index contributed by atoms with van der Waals surface area (Å²) >= 11 is 0. The van der Waals surface area contributed by atoms with Crippen LogP contribution in [0.4, 0.5) is 0 Å². The van der Waals surface area contributed by atoms with Crippen LogP contribution < -0.4 is 5.73 Å². The number of carbonyl (C=O) groups is 2. The van der Waals surface area contributed by atoms with Crippen LogP contribution in [0.2, 0.25) is 0 Å². The molecule has 17 heavy (non-hydrogen) atoms. The van der Waals surface area contributed by atoms with Crippen molar-refractivity contribution in [2.24, 2.45) is 11.7 Å².